The van der Waals surface area contributed by atoms with Gasteiger partial charge in [0.15, 0.2) is 0 Å². The van der Waals surface area contributed by atoms with E-state index in [1.807, 2.05) is 36.4 Å². The largest absolute Gasteiger partial charge is 0.444 e. The smallest absolute Gasteiger partial charge is 0.408 e. The van der Waals surface area contributed by atoms with Crippen molar-refractivity contribution in [3.05, 3.63) is 75.1 Å². The van der Waals surface area contributed by atoms with E-state index in [1.54, 1.807) is 33.8 Å². The Morgan fingerprint density at radius 1 is 1.06 bits per heavy atom. The molecule has 1 aromatic heterocycles. The summed E-state index contributed by atoms with van der Waals surface area (Å²) in [5, 5.41) is 3.50. The van der Waals surface area contributed by atoms with Crippen LogP contribution in [0.25, 0.3) is 11.0 Å². The average molecular weight is 464 g/mol. The monoisotopic (exact) mass is 463 g/mol. The number of benzene rings is 2. The number of alkyl carbamates (subject to hydrolysis) is 1. The van der Waals surface area contributed by atoms with Gasteiger partial charge < -0.3 is 19.2 Å². The molecule has 0 aliphatic heterocycles. The fourth-order valence-corrected chi connectivity index (χ4v) is 4.25. The lowest BCUT2D eigenvalue weighted by atomic mass is 10.0. The Morgan fingerprint density at radius 2 is 1.76 bits per heavy atom. The van der Waals surface area contributed by atoms with E-state index in [-0.39, 0.29) is 17.8 Å². The fraction of sp³-hybridized carbons (Fsp3) is 0.370. The van der Waals surface area contributed by atoms with Crippen LogP contribution >= 0.6 is 0 Å². The molecule has 1 N–H and O–H groups in total. The maximum absolute atomic E-state index is 13.2. The lowest BCUT2D eigenvalue weighted by Crippen LogP contribution is -2.46. The Balaban J connectivity index is 1.61. The van der Waals surface area contributed by atoms with Crippen LogP contribution < -0.4 is 15.7 Å². The molecule has 1 aliphatic rings. The Morgan fingerprint density at radius 3 is 2.47 bits per heavy atom. The summed E-state index contributed by atoms with van der Waals surface area (Å²) in [5.41, 5.74) is 2.56. The van der Waals surface area contributed by atoms with E-state index < -0.39 is 23.7 Å². The van der Waals surface area contributed by atoms with Crippen molar-refractivity contribution < 1.29 is 23.5 Å². The van der Waals surface area contributed by atoms with Gasteiger partial charge in [-0.05, 0) is 70.2 Å². The summed E-state index contributed by atoms with van der Waals surface area (Å²) in [7, 11) is 0. The van der Waals surface area contributed by atoms with Gasteiger partial charge in [0.05, 0.1) is 0 Å². The number of hydrogen-bond donors (Lipinski definition) is 1. The molecule has 34 heavy (non-hydrogen) atoms. The summed E-state index contributed by atoms with van der Waals surface area (Å²) in [4.78, 5) is 38.0. The van der Waals surface area contributed by atoms with Gasteiger partial charge in [-0.1, -0.05) is 30.3 Å². The van der Waals surface area contributed by atoms with Crippen molar-refractivity contribution in [1.29, 1.82) is 0 Å². The summed E-state index contributed by atoms with van der Waals surface area (Å²) in [5.74, 6) is -0.358. The zero-order chi connectivity index (χ0) is 24.5. The molecule has 1 aliphatic carbocycles. The zero-order valence-corrected chi connectivity index (χ0v) is 19.9. The number of fused-ring (bicyclic) bond motifs is 3. The molecule has 0 spiro atoms. The lowest BCUT2D eigenvalue weighted by molar-refractivity contribution is -0.136. The maximum Gasteiger partial charge on any atom is 0.408 e. The third-order valence-electron chi connectivity index (χ3n) is 5.81. The molecule has 7 nitrogen and oxygen atoms in total. The summed E-state index contributed by atoms with van der Waals surface area (Å²) in [6, 6.07) is 11.9. The molecular formula is C27H29NO6. The minimum Gasteiger partial charge on any atom is -0.444 e. The van der Waals surface area contributed by atoms with Crippen molar-refractivity contribution >= 4 is 23.0 Å². The Labute approximate surface area is 198 Å². The Bertz CT molecular complexity index is 1290. The van der Waals surface area contributed by atoms with E-state index in [0.29, 0.717) is 11.1 Å². The molecule has 1 amide bonds. The van der Waals surface area contributed by atoms with E-state index in [4.69, 9.17) is 13.9 Å². The Kier molecular flexibility index (Phi) is 6.46. The van der Waals surface area contributed by atoms with Crippen molar-refractivity contribution in [3.8, 4) is 5.75 Å². The summed E-state index contributed by atoms with van der Waals surface area (Å²) in [6.07, 6.45) is 2.00. The van der Waals surface area contributed by atoms with Crippen LogP contribution in [0.15, 0.2) is 51.7 Å². The Hall–Kier alpha value is -3.61. The average Bonchev–Trinajstić information content (AvgIpc) is 3.26. The fourth-order valence-electron chi connectivity index (χ4n) is 4.25. The van der Waals surface area contributed by atoms with E-state index in [0.717, 1.165) is 41.3 Å². The minimum absolute atomic E-state index is 0.230. The van der Waals surface area contributed by atoms with Gasteiger partial charge in [-0.3, -0.25) is 0 Å². The molecule has 0 fully saturated rings. The lowest BCUT2D eigenvalue weighted by Gasteiger charge is -2.23. The molecule has 0 unspecified atom stereocenters. The number of aryl methyl sites for hydroxylation is 2. The molecule has 0 radical (unpaired) electrons. The number of carbonyl (C=O) groups is 2. The van der Waals surface area contributed by atoms with Gasteiger partial charge in [0.25, 0.3) is 0 Å². The molecule has 178 valence electrons. The highest BCUT2D eigenvalue weighted by molar-refractivity contribution is 5.88. The summed E-state index contributed by atoms with van der Waals surface area (Å²) in [6.45, 7) is 7.00. The number of carbonyl (C=O) groups excluding carboxylic acids is 2. The van der Waals surface area contributed by atoms with Crippen molar-refractivity contribution in [2.75, 3.05) is 0 Å². The molecule has 1 atom stereocenters. The first-order valence-electron chi connectivity index (χ1n) is 11.5. The second kappa shape index (κ2) is 9.33. The predicted octanol–water partition coefficient (Wildman–Crippen LogP) is 4.63. The van der Waals surface area contributed by atoms with Crippen LogP contribution in [-0.4, -0.2) is 23.7 Å². The van der Waals surface area contributed by atoms with Crippen molar-refractivity contribution in [2.24, 2.45) is 0 Å². The SMILES string of the molecule is Cc1c(OC(=O)[C@H](Cc2ccccc2)NC(=O)OC(C)(C)C)ccc2c3c(c(=O)oc12)CCC3. The molecule has 0 bridgehead atoms. The second-order valence-electron chi connectivity index (χ2n) is 9.58. The van der Waals surface area contributed by atoms with Gasteiger partial charge in [0, 0.05) is 22.9 Å². The third kappa shape index (κ3) is 5.14. The number of amides is 1. The van der Waals surface area contributed by atoms with Crippen LogP contribution in [0, 0.1) is 6.92 Å². The maximum atomic E-state index is 13.2. The van der Waals surface area contributed by atoms with Gasteiger partial charge in [-0.15, -0.1) is 0 Å². The van der Waals surface area contributed by atoms with E-state index in [2.05, 4.69) is 5.32 Å². The van der Waals surface area contributed by atoms with Gasteiger partial charge in [0.2, 0.25) is 0 Å². The molecule has 1 heterocycles. The topological polar surface area (TPSA) is 94.8 Å². The van der Waals surface area contributed by atoms with Gasteiger partial charge in [0.1, 0.15) is 23.0 Å². The standard InChI is InChI=1S/C27H29NO6/c1-16-22(14-13-19-18-11-8-12-20(18)24(29)33-23(16)19)32-25(30)21(15-17-9-6-5-7-10-17)28-26(31)34-27(2,3)4/h5-7,9-10,13-14,21H,8,11-12,15H2,1-4H3,(H,28,31)/t21-/m0/s1. The molecule has 4 rings (SSSR count). The highest BCUT2D eigenvalue weighted by Gasteiger charge is 2.28. The number of esters is 1. The minimum atomic E-state index is -0.973. The van der Waals surface area contributed by atoms with E-state index in [9.17, 15) is 14.4 Å². The highest BCUT2D eigenvalue weighted by atomic mass is 16.6. The van der Waals surface area contributed by atoms with Crippen molar-refractivity contribution in [3.63, 3.8) is 0 Å². The van der Waals surface area contributed by atoms with Crippen LogP contribution in [0.3, 0.4) is 0 Å². The molecule has 3 aromatic rings. The van der Waals surface area contributed by atoms with Gasteiger partial charge >= 0.3 is 17.7 Å². The highest BCUT2D eigenvalue weighted by Crippen LogP contribution is 2.33. The van der Waals surface area contributed by atoms with Gasteiger partial charge in [-0.25, -0.2) is 14.4 Å². The number of nitrogens with one attached hydrogen (secondary N) is 1. The molecule has 0 saturated carbocycles. The number of rotatable bonds is 5. The molecular weight excluding hydrogens is 434 g/mol. The zero-order valence-electron chi connectivity index (χ0n) is 19.9. The van der Waals surface area contributed by atoms with Gasteiger partial charge in [-0.2, -0.15) is 0 Å². The first-order chi connectivity index (χ1) is 16.1. The van der Waals surface area contributed by atoms with Crippen molar-refractivity contribution in [1.82, 2.24) is 5.32 Å². The van der Waals surface area contributed by atoms with Crippen LogP contribution in [0.1, 0.15) is 49.4 Å². The summed E-state index contributed by atoms with van der Waals surface area (Å²) >= 11 is 0. The van der Waals surface area contributed by atoms with Crippen LogP contribution in [-0.2, 0) is 28.8 Å². The quantitative estimate of drug-likeness (QED) is 0.337. The molecule has 7 heteroatoms. The van der Waals surface area contributed by atoms with E-state index >= 15 is 0 Å². The van der Waals surface area contributed by atoms with Crippen molar-refractivity contribution in [2.45, 2.75) is 65.0 Å². The summed E-state index contributed by atoms with van der Waals surface area (Å²) < 4.78 is 16.6. The van der Waals surface area contributed by atoms with Crippen LogP contribution in [0.4, 0.5) is 4.79 Å². The molecule has 0 saturated heterocycles. The second-order valence-corrected chi connectivity index (χ2v) is 9.58. The normalized spacial score (nSPS) is 13.9. The predicted molar refractivity (Wildman–Crippen MR) is 128 cm³/mol. The number of ether oxygens (including phenoxy) is 2. The van der Waals surface area contributed by atoms with Crippen LogP contribution in [0.2, 0.25) is 0 Å². The third-order valence-corrected chi connectivity index (χ3v) is 5.81. The molecule has 2 aromatic carbocycles. The first-order valence-corrected chi connectivity index (χ1v) is 11.5. The first kappa shape index (κ1) is 23.5. The van der Waals surface area contributed by atoms with E-state index in [1.165, 1.54) is 0 Å². The number of hydrogen-bond acceptors (Lipinski definition) is 6. The van der Waals surface area contributed by atoms with Crippen LogP contribution in [0.5, 0.6) is 5.75 Å².